The molecule has 4 heteroatoms. The van der Waals surface area contributed by atoms with Crippen LogP contribution in [0.1, 0.15) is 57.8 Å². The van der Waals surface area contributed by atoms with Gasteiger partial charge in [-0.2, -0.15) is 0 Å². The first-order chi connectivity index (χ1) is 16.8. The number of aromatic hydroxyl groups is 1. The minimum Gasteiger partial charge on any atom is -0.507 e. The zero-order valence-electron chi connectivity index (χ0n) is 22.3. The van der Waals surface area contributed by atoms with Gasteiger partial charge in [0.2, 0.25) is 0 Å². The number of hydrogen-bond acceptors (Lipinski definition) is 4. The van der Waals surface area contributed by atoms with Gasteiger partial charge in [0.1, 0.15) is 17.4 Å². The van der Waals surface area contributed by atoms with Gasteiger partial charge >= 0.3 is 0 Å². The number of aromatic nitrogens is 2. The lowest BCUT2D eigenvalue weighted by Crippen LogP contribution is -2.12. The van der Waals surface area contributed by atoms with Crippen molar-refractivity contribution >= 4 is 27.5 Å². The largest absolute Gasteiger partial charge is 0.507 e. The van der Waals surface area contributed by atoms with Crippen molar-refractivity contribution in [1.29, 1.82) is 0 Å². The summed E-state index contributed by atoms with van der Waals surface area (Å²) in [6.45, 7) is 8.70. The molecule has 4 aromatic rings. The van der Waals surface area contributed by atoms with Gasteiger partial charge < -0.3 is 10.0 Å². The number of anilines is 1. The number of hydrogen-bond donors (Lipinski definition) is 1. The third-order valence-corrected chi connectivity index (χ3v) is 6.79. The topological polar surface area (TPSA) is 49.3 Å². The smallest absolute Gasteiger partial charge is 0.139 e. The zero-order valence-corrected chi connectivity index (χ0v) is 22.3. The molecule has 1 aromatic heterocycles. The predicted molar refractivity (Wildman–Crippen MR) is 150 cm³/mol. The third-order valence-electron chi connectivity index (χ3n) is 6.79. The number of benzene rings is 3. The Balaban J connectivity index is 0.000000152. The molecule has 4 nitrogen and oxygen atoms in total. The van der Waals surface area contributed by atoms with E-state index >= 15 is 0 Å². The van der Waals surface area contributed by atoms with Gasteiger partial charge in [0.15, 0.2) is 0 Å². The van der Waals surface area contributed by atoms with Crippen LogP contribution in [0.2, 0.25) is 0 Å². The second-order valence-electron chi connectivity index (χ2n) is 10.0. The summed E-state index contributed by atoms with van der Waals surface area (Å²) in [6.07, 6.45) is 6.77. The van der Waals surface area contributed by atoms with Crippen LogP contribution in [-0.2, 0) is 6.42 Å². The molecule has 1 heterocycles. The molecule has 0 aliphatic heterocycles. The van der Waals surface area contributed by atoms with E-state index in [0.29, 0.717) is 5.75 Å². The number of aryl methyl sites for hydroxylation is 2. The molecule has 0 bridgehead atoms. The van der Waals surface area contributed by atoms with Crippen molar-refractivity contribution in [3.8, 4) is 5.75 Å². The highest BCUT2D eigenvalue weighted by atomic mass is 16.3. The second-order valence-corrected chi connectivity index (χ2v) is 10.0. The molecule has 1 saturated carbocycles. The molecular weight excluding hydrogens is 430 g/mol. The monoisotopic (exact) mass is 471 g/mol. The molecule has 1 fully saturated rings. The molecule has 0 unspecified atom stereocenters. The van der Waals surface area contributed by atoms with Crippen LogP contribution in [-0.4, -0.2) is 29.2 Å². The highest BCUT2D eigenvalue weighted by molar-refractivity contribution is 5.90. The van der Waals surface area contributed by atoms with Gasteiger partial charge in [0, 0.05) is 24.9 Å². The molecule has 1 N–H and O–H groups in total. The molecule has 5 rings (SSSR count). The van der Waals surface area contributed by atoms with Crippen LogP contribution < -0.4 is 4.90 Å². The lowest BCUT2D eigenvalue weighted by Gasteiger charge is -2.22. The maximum absolute atomic E-state index is 9.85. The number of rotatable bonds is 2. The van der Waals surface area contributed by atoms with Crippen molar-refractivity contribution in [1.82, 2.24) is 9.97 Å². The van der Waals surface area contributed by atoms with Crippen LogP contribution in [0.5, 0.6) is 5.75 Å². The van der Waals surface area contributed by atoms with Crippen LogP contribution in [0.25, 0.3) is 21.7 Å². The molecule has 1 aliphatic carbocycles. The molecule has 0 radical (unpaired) electrons. The highest BCUT2D eigenvalue weighted by Crippen LogP contribution is 2.29. The van der Waals surface area contributed by atoms with E-state index in [0.717, 1.165) is 57.1 Å². The minimum atomic E-state index is 0.431. The van der Waals surface area contributed by atoms with E-state index < -0.39 is 0 Å². The van der Waals surface area contributed by atoms with Gasteiger partial charge in [-0.1, -0.05) is 95.0 Å². The summed E-state index contributed by atoms with van der Waals surface area (Å²) >= 11 is 0. The van der Waals surface area contributed by atoms with Crippen LogP contribution >= 0.6 is 0 Å². The van der Waals surface area contributed by atoms with Gasteiger partial charge in [-0.05, 0) is 48.3 Å². The van der Waals surface area contributed by atoms with Crippen LogP contribution in [0.3, 0.4) is 0 Å². The number of para-hydroxylation sites is 1. The molecule has 1 aliphatic rings. The van der Waals surface area contributed by atoms with E-state index in [1.165, 1.54) is 25.7 Å². The quantitative estimate of drug-likeness (QED) is 0.322. The standard InChI is InChI=1S/C12H12O.C11H13N3.C8H16/c1-2-9-7-8-10-5-3-4-6-11(10)12(9)13;1-8-12-10-7-5-4-6-9(10)11(13-8)14(2)3;1-7-3-5-8(2)6-4-7/h3-8,13H,2H2,1H3;4-7H,1-3H3;7-8H,3-6H2,1-2H3. The van der Waals surface area contributed by atoms with Crippen molar-refractivity contribution in [3.05, 3.63) is 72.1 Å². The number of nitrogens with zero attached hydrogens (tertiary/aromatic N) is 3. The minimum absolute atomic E-state index is 0.431. The molecule has 0 saturated heterocycles. The zero-order chi connectivity index (χ0) is 25.4. The van der Waals surface area contributed by atoms with Gasteiger partial charge in [0.05, 0.1) is 5.52 Å². The number of phenols is 1. The van der Waals surface area contributed by atoms with E-state index in [1.54, 1.807) is 0 Å². The summed E-state index contributed by atoms with van der Waals surface area (Å²) in [4.78, 5) is 10.8. The Morgan fingerprint density at radius 1 is 0.800 bits per heavy atom. The first-order valence-electron chi connectivity index (χ1n) is 12.9. The molecular formula is C31H41N3O. The van der Waals surface area contributed by atoms with E-state index in [9.17, 15) is 5.11 Å². The summed E-state index contributed by atoms with van der Waals surface area (Å²) in [7, 11) is 3.99. The fourth-order valence-corrected chi connectivity index (χ4v) is 4.53. The van der Waals surface area contributed by atoms with E-state index in [-0.39, 0.29) is 0 Å². The number of phenolic OH excluding ortho intramolecular Hbond substituents is 1. The van der Waals surface area contributed by atoms with Crippen LogP contribution in [0.15, 0.2) is 60.7 Å². The lowest BCUT2D eigenvalue weighted by molar-refractivity contribution is 0.308. The summed E-state index contributed by atoms with van der Waals surface area (Å²) in [6, 6.07) is 20.0. The van der Waals surface area contributed by atoms with Gasteiger partial charge in [-0.25, -0.2) is 9.97 Å². The van der Waals surface area contributed by atoms with Crippen LogP contribution in [0.4, 0.5) is 5.82 Å². The van der Waals surface area contributed by atoms with E-state index in [2.05, 4.69) is 23.8 Å². The van der Waals surface area contributed by atoms with Crippen LogP contribution in [0, 0.1) is 18.8 Å². The SMILES string of the molecule is CC1CCC(C)CC1.CCc1ccc2ccccc2c1O.Cc1nc(N(C)C)c2ccccc2n1. The maximum atomic E-state index is 9.85. The highest BCUT2D eigenvalue weighted by Gasteiger charge is 2.13. The average Bonchev–Trinajstić information content (AvgIpc) is 2.86. The Morgan fingerprint density at radius 2 is 1.37 bits per heavy atom. The first kappa shape index (κ1) is 26.5. The van der Waals surface area contributed by atoms with Crippen molar-refractivity contribution in [3.63, 3.8) is 0 Å². The normalized spacial score (nSPS) is 17.2. The van der Waals surface area contributed by atoms with Gasteiger partial charge in [-0.3, -0.25) is 0 Å². The summed E-state index contributed by atoms with van der Waals surface area (Å²) < 4.78 is 0. The van der Waals surface area contributed by atoms with Crippen molar-refractivity contribution in [2.45, 2.75) is 59.8 Å². The molecule has 186 valence electrons. The molecule has 0 amide bonds. The van der Waals surface area contributed by atoms with Gasteiger partial charge in [-0.15, -0.1) is 0 Å². The Labute approximate surface area is 211 Å². The molecule has 35 heavy (non-hydrogen) atoms. The van der Waals surface area contributed by atoms with Crippen molar-refractivity contribution in [2.75, 3.05) is 19.0 Å². The van der Waals surface area contributed by atoms with Gasteiger partial charge in [0.25, 0.3) is 0 Å². The fraction of sp³-hybridized carbons (Fsp3) is 0.419. The van der Waals surface area contributed by atoms with Crippen molar-refractivity contribution in [2.24, 2.45) is 11.8 Å². The summed E-state index contributed by atoms with van der Waals surface area (Å²) in [5.74, 6) is 4.26. The summed E-state index contributed by atoms with van der Waals surface area (Å²) in [5, 5.41) is 13.0. The van der Waals surface area contributed by atoms with Crippen molar-refractivity contribution < 1.29 is 5.11 Å². The molecule has 3 aromatic carbocycles. The predicted octanol–water partition coefficient (Wildman–Crippen LogP) is 7.94. The Kier molecular flexibility index (Phi) is 9.47. The second kappa shape index (κ2) is 12.5. The third kappa shape index (κ3) is 7.17. The maximum Gasteiger partial charge on any atom is 0.139 e. The Morgan fingerprint density at radius 3 is 1.97 bits per heavy atom. The van der Waals surface area contributed by atoms with E-state index in [4.69, 9.17) is 0 Å². The molecule has 0 spiro atoms. The Hall–Kier alpha value is -3.14. The first-order valence-corrected chi connectivity index (χ1v) is 12.9. The fourth-order valence-electron chi connectivity index (χ4n) is 4.53. The Bertz CT molecular complexity index is 1220. The summed E-state index contributed by atoms with van der Waals surface area (Å²) in [5.41, 5.74) is 2.02. The molecule has 0 atom stereocenters. The lowest BCUT2D eigenvalue weighted by atomic mass is 9.84. The average molecular weight is 472 g/mol. The van der Waals surface area contributed by atoms with E-state index in [1.807, 2.05) is 93.5 Å². The number of fused-ring (bicyclic) bond motifs is 2.